The smallest absolute Gasteiger partial charge is 0.244 e. The van der Waals surface area contributed by atoms with Gasteiger partial charge in [0.05, 0.1) is 0 Å². The largest absolute Gasteiger partial charge is 0.399 e. The van der Waals surface area contributed by atoms with Crippen molar-refractivity contribution >= 4 is 17.7 Å². The molecule has 0 aliphatic rings. The Bertz CT molecular complexity index is 361. The molecule has 1 amide bonds. The number of hydrogen-bond acceptors (Lipinski definition) is 3. The highest BCUT2D eigenvalue weighted by atomic mass is 16.1. The Kier molecular flexibility index (Phi) is 4.37. The summed E-state index contributed by atoms with van der Waals surface area (Å²) in [5, 5.41) is 2.64. The zero-order valence-electron chi connectivity index (χ0n) is 8.44. The lowest BCUT2D eigenvalue weighted by Gasteiger charge is -1.98. The Morgan fingerprint density at radius 3 is 2.93 bits per heavy atom. The van der Waals surface area contributed by atoms with E-state index in [0.717, 1.165) is 5.56 Å². The molecule has 1 aromatic rings. The van der Waals surface area contributed by atoms with Gasteiger partial charge in [-0.3, -0.25) is 4.79 Å². The molecule has 80 valence electrons. The maximum atomic E-state index is 11.2. The van der Waals surface area contributed by atoms with Crippen LogP contribution in [0.4, 0.5) is 5.69 Å². The molecule has 15 heavy (non-hydrogen) atoms. The number of rotatable bonds is 4. The lowest BCUT2D eigenvalue weighted by molar-refractivity contribution is -0.116. The highest BCUT2D eigenvalue weighted by Crippen LogP contribution is 2.07. The lowest BCUT2D eigenvalue weighted by atomic mass is 10.2. The molecule has 0 aromatic heterocycles. The van der Waals surface area contributed by atoms with E-state index in [9.17, 15) is 4.79 Å². The lowest BCUT2D eigenvalue weighted by Crippen LogP contribution is -2.27. The maximum Gasteiger partial charge on any atom is 0.244 e. The summed E-state index contributed by atoms with van der Waals surface area (Å²) in [6, 6.07) is 7.31. The second-order valence-electron chi connectivity index (χ2n) is 3.08. The average molecular weight is 205 g/mol. The molecule has 0 heterocycles. The fourth-order valence-electron chi connectivity index (χ4n) is 1.09. The second kappa shape index (κ2) is 5.82. The van der Waals surface area contributed by atoms with Crippen LogP contribution in [0.1, 0.15) is 5.56 Å². The number of nitrogens with two attached hydrogens (primary N) is 2. The summed E-state index contributed by atoms with van der Waals surface area (Å²) < 4.78 is 0. The SMILES string of the molecule is NCCNC(=O)/C=C/c1cccc(N)c1. The minimum Gasteiger partial charge on any atom is -0.399 e. The summed E-state index contributed by atoms with van der Waals surface area (Å²) in [4.78, 5) is 11.2. The van der Waals surface area contributed by atoms with E-state index in [2.05, 4.69) is 5.32 Å². The zero-order chi connectivity index (χ0) is 11.1. The molecule has 0 bridgehead atoms. The van der Waals surface area contributed by atoms with E-state index >= 15 is 0 Å². The van der Waals surface area contributed by atoms with Gasteiger partial charge in [-0.2, -0.15) is 0 Å². The topological polar surface area (TPSA) is 81.1 Å². The number of carbonyl (C=O) groups excluding carboxylic acids is 1. The Labute approximate surface area is 89.0 Å². The van der Waals surface area contributed by atoms with Crippen molar-refractivity contribution in [2.45, 2.75) is 0 Å². The summed E-state index contributed by atoms with van der Waals surface area (Å²) in [5.41, 5.74) is 12.4. The van der Waals surface area contributed by atoms with Crippen LogP contribution in [0, 0.1) is 0 Å². The third-order valence-electron chi connectivity index (χ3n) is 1.78. The molecule has 0 aliphatic heterocycles. The van der Waals surface area contributed by atoms with E-state index in [1.807, 2.05) is 12.1 Å². The minimum absolute atomic E-state index is 0.150. The van der Waals surface area contributed by atoms with Crippen LogP contribution in [-0.4, -0.2) is 19.0 Å². The van der Waals surface area contributed by atoms with Crippen LogP contribution in [0.15, 0.2) is 30.3 Å². The Balaban J connectivity index is 2.53. The van der Waals surface area contributed by atoms with Crippen molar-refractivity contribution in [1.29, 1.82) is 0 Å². The van der Waals surface area contributed by atoms with Crippen LogP contribution >= 0.6 is 0 Å². The first-order valence-corrected chi connectivity index (χ1v) is 4.74. The van der Waals surface area contributed by atoms with Crippen molar-refractivity contribution in [2.24, 2.45) is 5.73 Å². The van der Waals surface area contributed by atoms with Crippen LogP contribution < -0.4 is 16.8 Å². The van der Waals surface area contributed by atoms with Crippen molar-refractivity contribution in [3.63, 3.8) is 0 Å². The van der Waals surface area contributed by atoms with Gasteiger partial charge in [0, 0.05) is 24.9 Å². The van der Waals surface area contributed by atoms with Crippen molar-refractivity contribution in [1.82, 2.24) is 5.32 Å². The van der Waals surface area contributed by atoms with Gasteiger partial charge in [0.2, 0.25) is 5.91 Å². The normalized spacial score (nSPS) is 10.5. The maximum absolute atomic E-state index is 11.2. The van der Waals surface area contributed by atoms with Crippen molar-refractivity contribution in [2.75, 3.05) is 18.8 Å². The molecule has 0 saturated heterocycles. The number of amides is 1. The van der Waals surface area contributed by atoms with Crippen molar-refractivity contribution < 1.29 is 4.79 Å². The summed E-state index contributed by atoms with van der Waals surface area (Å²) in [6.07, 6.45) is 3.17. The number of nitrogens with one attached hydrogen (secondary N) is 1. The van der Waals surface area contributed by atoms with Gasteiger partial charge in [-0.25, -0.2) is 0 Å². The van der Waals surface area contributed by atoms with E-state index in [-0.39, 0.29) is 5.91 Å². The third-order valence-corrected chi connectivity index (χ3v) is 1.78. The Morgan fingerprint density at radius 1 is 1.47 bits per heavy atom. The van der Waals surface area contributed by atoms with Crippen molar-refractivity contribution in [3.05, 3.63) is 35.9 Å². The molecule has 0 unspecified atom stereocenters. The zero-order valence-corrected chi connectivity index (χ0v) is 8.44. The molecule has 0 saturated carbocycles. The second-order valence-corrected chi connectivity index (χ2v) is 3.08. The van der Waals surface area contributed by atoms with E-state index in [0.29, 0.717) is 18.8 Å². The Hall–Kier alpha value is -1.81. The predicted molar refractivity (Wildman–Crippen MR) is 62.0 cm³/mol. The molecule has 0 aliphatic carbocycles. The van der Waals surface area contributed by atoms with Crippen molar-refractivity contribution in [3.8, 4) is 0 Å². The van der Waals surface area contributed by atoms with Gasteiger partial charge in [0.25, 0.3) is 0 Å². The standard InChI is InChI=1S/C11H15N3O/c12-6-7-14-11(15)5-4-9-2-1-3-10(13)8-9/h1-5,8H,6-7,12-13H2,(H,14,15)/b5-4+. The molecule has 4 nitrogen and oxygen atoms in total. The fraction of sp³-hybridized carbons (Fsp3) is 0.182. The minimum atomic E-state index is -0.150. The molecule has 0 spiro atoms. The monoisotopic (exact) mass is 205 g/mol. The molecule has 0 atom stereocenters. The summed E-state index contributed by atoms with van der Waals surface area (Å²) in [5.74, 6) is -0.150. The van der Waals surface area contributed by atoms with Crippen LogP contribution in [0.2, 0.25) is 0 Å². The van der Waals surface area contributed by atoms with Gasteiger partial charge < -0.3 is 16.8 Å². The number of anilines is 1. The molecule has 0 fully saturated rings. The van der Waals surface area contributed by atoms with Gasteiger partial charge in [0.1, 0.15) is 0 Å². The first kappa shape index (κ1) is 11.3. The van der Waals surface area contributed by atoms with Gasteiger partial charge in [-0.1, -0.05) is 12.1 Å². The number of carbonyl (C=O) groups is 1. The van der Waals surface area contributed by atoms with E-state index in [4.69, 9.17) is 11.5 Å². The molecular weight excluding hydrogens is 190 g/mol. The van der Waals surface area contributed by atoms with Crippen LogP contribution in [0.25, 0.3) is 6.08 Å². The number of benzene rings is 1. The predicted octanol–water partition coefficient (Wildman–Crippen LogP) is 0.357. The Morgan fingerprint density at radius 2 is 2.27 bits per heavy atom. The van der Waals surface area contributed by atoms with Gasteiger partial charge in [-0.05, 0) is 23.8 Å². The quantitative estimate of drug-likeness (QED) is 0.490. The molecule has 1 rings (SSSR count). The summed E-state index contributed by atoms with van der Waals surface area (Å²) >= 11 is 0. The van der Waals surface area contributed by atoms with E-state index in [1.165, 1.54) is 6.08 Å². The van der Waals surface area contributed by atoms with Crippen LogP contribution in [0.3, 0.4) is 0 Å². The van der Waals surface area contributed by atoms with Crippen LogP contribution in [0.5, 0.6) is 0 Å². The van der Waals surface area contributed by atoms with E-state index < -0.39 is 0 Å². The summed E-state index contributed by atoms with van der Waals surface area (Å²) in [7, 11) is 0. The highest BCUT2D eigenvalue weighted by molar-refractivity contribution is 5.91. The average Bonchev–Trinajstić information content (AvgIpc) is 2.23. The number of nitrogen functional groups attached to an aromatic ring is 1. The van der Waals surface area contributed by atoms with E-state index in [1.54, 1.807) is 18.2 Å². The summed E-state index contributed by atoms with van der Waals surface area (Å²) in [6.45, 7) is 0.929. The molecule has 4 heteroatoms. The van der Waals surface area contributed by atoms with Gasteiger partial charge >= 0.3 is 0 Å². The fourth-order valence-corrected chi connectivity index (χ4v) is 1.09. The molecular formula is C11H15N3O. The number of hydrogen-bond donors (Lipinski definition) is 3. The highest BCUT2D eigenvalue weighted by Gasteiger charge is 1.93. The molecule has 5 N–H and O–H groups in total. The van der Waals surface area contributed by atoms with Crippen LogP contribution in [-0.2, 0) is 4.79 Å². The first-order chi connectivity index (χ1) is 7.22. The first-order valence-electron chi connectivity index (χ1n) is 4.74. The molecule has 1 aromatic carbocycles. The third kappa shape index (κ3) is 4.28. The van der Waals surface area contributed by atoms with Gasteiger partial charge in [-0.15, -0.1) is 0 Å². The molecule has 0 radical (unpaired) electrons. The van der Waals surface area contributed by atoms with Gasteiger partial charge in [0.15, 0.2) is 0 Å².